The molecule has 0 bridgehead atoms. The Bertz CT molecular complexity index is 469. The van der Waals surface area contributed by atoms with E-state index >= 15 is 0 Å². The molecule has 0 atom stereocenters. The van der Waals surface area contributed by atoms with Crippen molar-refractivity contribution in [3.63, 3.8) is 0 Å². The lowest BCUT2D eigenvalue weighted by atomic mass is 10.3. The average Bonchev–Trinajstić information content (AvgIpc) is 2.39. The Labute approximate surface area is 105 Å². The van der Waals surface area contributed by atoms with Gasteiger partial charge in [-0.1, -0.05) is 0 Å². The molecule has 2 aromatic carbocycles. The van der Waals surface area contributed by atoms with Crippen molar-refractivity contribution in [2.75, 3.05) is 11.5 Å². The highest BCUT2D eigenvalue weighted by Gasteiger charge is 1.91. The first-order valence-electron chi connectivity index (χ1n) is 5.43. The molecule has 2 rings (SSSR count). The number of hydrogen-bond donors (Lipinski definition) is 2. The predicted molar refractivity (Wildman–Crippen MR) is 72.1 cm³/mol. The van der Waals surface area contributed by atoms with E-state index in [-0.39, 0.29) is 0 Å². The molecule has 0 fully saturated rings. The maximum absolute atomic E-state index is 5.56. The molecule has 0 heterocycles. The molecule has 4 nitrogen and oxygen atoms in total. The highest BCUT2D eigenvalue weighted by atomic mass is 16.5. The second-order valence-corrected chi connectivity index (χ2v) is 3.65. The van der Waals surface area contributed by atoms with Crippen molar-refractivity contribution in [3.8, 4) is 11.5 Å². The molecule has 0 radical (unpaired) electrons. The molecular weight excluding hydrogens is 228 g/mol. The van der Waals surface area contributed by atoms with Gasteiger partial charge in [0.15, 0.2) is 0 Å². The standard InChI is InChI=1S/C14H14N2O2/c15-11-1-5-13(6-2-11)17-9-10-18-14-7-3-12(16)4-8-14/h1-10H,15-16H2. The molecule has 0 spiro atoms. The highest BCUT2D eigenvalue weighted by Crippen LogP contribution is 2.15. The molecule has 92 valence electrons. The van der Waals surface area contributed by atoms with Gasteiger partial charge in [-0.2, -0.15) is 0 Å². The summed E-state index contributed by atoms with van der Waals surface area (Å²) in [5.74, 6) is 1.39. The summed E-state index contributed by atoms with van der Waals surface area (Å²) in [7, 11) is 0. The zero-order valence-corrected chi connectivity index (χ0v) is 9.74. The Morgan fingerprint density at radius 3 is 1.28 bits per heavy atom. The van der Waals surface area contributed by atoms with Crippen LogP contribution in [0.3, 0.4) is 0 Å². The van der Waals surface area contributed by atoms with Crippen molar-refractivity contribution in [1.29, 1.82) is 0 Å². The van der Waals surface area contributed by atoms with E-state index in [2.05, 4.69) is 0 Å². The second kappa shape index (κ2) is 5.63. The summed E-state index contributed by atoms with van der Waals surface area (Å²) in [6, 6.07) is 14.2. The Kier molecular flexibility index (Phi) is 3.71. The van der Waals surface area contributed by atoms with E-state index in [1.165, 1.54) is 12.5 Å². The lowest BCUT2D eigenvalue weighted by molar-refractivity contribution is 0.422. The molecular formula is C14H14N2O2. The third-order valence-corrected chi connectivity index (χ3v) is 2.22. The van der Waals surface area contributed by atoms with Gasteiger partial charge in [0.05, 0.1) is 0 Å². The molecule has 4 N–H and O–H groups in total. The van der Waals surface area contributed by atoms with E-state index in [9.17, 15) is 0 Å². The second-order valence-electron chi connectivity index (χ2n) is 3.65. The number of benzene rings is 2. The molecule has 0 aliphatic heterocycles. The molecule has 0 aromatic heterocycles. The van der Waals surface area contributed by atoms with E-state index in [1.807, 2.05) is 0 Å². The van der Waals surface area contributed by atoms with Crippen molar-refractivity contribution in [2.24, 2.45) is 0 Å². The van der Waals surface area contributed by atoms with Gasteiger partial charge >= 0.3 is 0 Å². The van der Waals surface area contributed by atoms with Crippen LogP contribution in [0.5, 0.6) is 11.5 Å². The number of anilines is 2. The fourth-order valence-corrected chi connectivity index (χ4v) is 1.31. The average molecular weight is 242 g/mol. The highest BCUT2D eigenvalue weighted by molar-refractivity contribution is 5.42. The third kappa shape index (κ3) is 3.45. The SMILES string of the molecule is Nc1ccc(OC=COc2ccc(N)cc2)cc1. The lowest BCUT2D eigenvalue weighted by Crippen LogP contribution is -1.88. The summed E-state index contributed by atoms with van der Waals surface area (Å²) in [6.07, 6.45) is 2.92. The van der Waals surface area contributed by atoms with Crippen molar-refractivity contribution < 1.29 is 9.47 Å². The minimum Gasteiger partial charge on any atom is -0.462 e. The molecule has 0 amide bonds. The number of hydrogen-bond acceptors (Lipinski definition) is 4. The van der Waals surface area contributed by atoms with Crippen LogP contribution in [0.25, 0.3) is 0 Å². The topological polar surface area (TPSA) is 70.5 Å². The Balaban J connectivity index is 1.85. The van der Waals surface area contributed by atoms with Gasteiger partial charge in [0.2, 0.25) is 0 Å². The monoisotopic (exact) mass is 242 g/mol. The van der Waals surface area contributed by atoms with Crippen molar-refractivity contribution >= 4 is 11.4 Å². The summed E-state index contributed by atoms with van der Waals surface area (Å²) in [5, 5.41) is 0. The van der Waals surface area contributed by atoms with Crippen LogP contribution < -0.4 is 20.9 Å². The fraction of sp³-hybridized carbons (Fsp3) is 0. The van der Waals surface area contributed by atoms with Gasteiger partial charge in [-0.15, -0.1) is 0 Å². The normalized spacial score (nSPS) is 10.4. The predicted octanol–water partition coefficient (Wildman–Crippen LogP) is 2.78. The molecule has 18 heavy (non-hydrogen) atoms. The van der Waals surface area contributed by atoms with Gasteiger partial charge in [-0.05, 0) is 48.5 Å². The third-order valence-electron chi connectivity index (χ3n) is 2.22. The maximum atomic E-state index is 5.56. The molecule has 0 aliphatic rings. The molecule has 0 saturated heterocycles. The number of nitrogens with two attached hydrogens (primary N) is 2. The van der Waals surface area contributed by atoms with Gasteiger partial charge in [0.1, 0.15) is 24.0 Å². The van der Waals surface area contributed by atoms with Crippen LogP contribution in [0.4, 0.5) is 11.4 Å². The largest absolute Gasteiger partial charge is 0.462 e. The molecule has 4 heteroatoms. The minimum atomic E-state index is 0.696. The van der Waals surface area contributed by atoms with Crippen LogP contribution in [0, 0.1) is 0 Å². The van der Waals surface area contributed by atoms with Crippen LogP contribution in [0.1, 0.15) is 0 Å². The van der Waals surface area contributed by atoms with Crippen LogP contribution in [-0.4, -0.2) is 0 Å². The van der Waals surface area contributed by atoms with Gasteiger partial charge in [0, 0.05) is 11.4 Å². The van der Waals surface area contributed by atoms with E-state index < -0.39 is 0 Å². The van der Waals surface area contributed by atoms with Gasteiger partial charge in [-0.3, -0.25) is 0 Å². The first kappa shape index (κ1) is 11.9. The van der Waals surface area contributed by atoms with Gasteiger partial charge in [-0.25, -0.2) is 0 Å². The van der Waals surface area contributed by atoms with E-state index in [0.717, 1.165) is 0 Å². The van der Waals surface area contributed by atoms with E-state index in [1.54, 1.807) is 48.5 Å². The molecule has 0 aliphatic carbocycles. The molecule has 2 aromatic rings. The van der Waals surface area contributed by atoms with Crippen molar-refractivity contribution in [1.82, 2.24) is 0 Å². The number of rotatable bonds is 4. The maximum Gasteiger partial charge on any atom is 0.126 e. The van der Waals surface area contributed by atoms with E-state index in [0.29, 0.717) is 22.9 Å². The van der Waals surface area contributed by atoms with Crippen LogP contribution >= 0.6 is 0 Å². The minimum absolute atomic E-state index is 0.696. The molecule has 0 unspecified atom stereocenters. The van der Waals surface area contributed by atoms with Crippen LogP contribution in [0.15, 0.2) is 61.1 Å². The van der Waals surface area contributed by atoms with Crippen LogP contribution in [-0.2, 0) is 0 Å². The van der Waals surface area contributed by atoms with Crippen molar-refractivity contribution in [3.05, 3.63) is 61.1 Å². The Morgan fingerprint density at radius 2 is 0.944 bits per heavy atom. The zero-order valence-electron chi connectivity index (χ0n) is 9.74. The smallest absolute Gasteiger partial charge is 0.126 e. The summed E-state index contributed by atoms with van der Waals surface area (Å²) in [5.41, 5.74) is 12.5. The quantitative estimate of drug-likeness (QED) is 0.639. The first-order chi connectivity index (χ1) is 8.74. The van der Waals surface area contributed by atoms with Gasteiger partial charge < -0.3 is 20.9 Å². The van der Waals surface area contributed by atoms with Crippen LogP contribution in [0.2, 0.25) is 0 Å². The number of nitrogen functional groups attached to an aromatic ring is 2. The fourth-order valence-electron chi connectivity index (χ4n) is 1.31. The first-order valence-corrected chi connectivity index (χ1v) is 5.43. The summed E-state index contributed by atoms with van der Waals surface area (Å²) < 4.78 is 10.6. The Hall–Kier alpha value is -2.62. The summed E-state index contributed by atoms with van der Waals surface area (Å²) in [4.78, 5) is 0. The molecule has 0 saturated carbocycles. The zero-order chi connectivity index (χ0) is 12.8. The summed E-state index contributed by atoms with van der Waals surface area (Å²) in [6.45, 7) is 0. The lowest BCUT2D eigenvalue weighted by Gasteiger charge is -2.02. The van der Waals surface area contributed by atoms with Crippen molar-refractivity contribution in [2.45, 2.75) is 0 Å². The number of ether oxygens (including phenoxy) is 2. The summed E-state index contributed by atoms with van der Waals surface area (Å²) >= 11 is 0. The van der Waals surface area contributed by atoms with E-state index in [4.69, 9.17) is 20.9 Å². The van der Waals surface area contributed by atoms with Gasteiger partial charge in [0.25, 0.3) is 0 Å². The Morgan fingerprint density at radius 1 is 0.611 bits per heavy atom.